The number of aromatic nitrogens is 2. The van der Waals surface area contributed by atoms with Crippen LogP contribution in [0.5, 0.6) is 5.75 Å². The zero-order valence-corrected chi connectivity index (χ0v) is 14.6. The van der Waals surface area contributed by atoms with Gasteiger partial charge in [0, 0.05) is 17.0 Å². The second-order valence-corrected chi connectivity index (χ2v) is 6.19. The molecule has 0 unspecified atom stereocenters. The number of aromatic hydroxyl groups is 1. The van der Waals surface area contributed by atoms with Crippen molar-refractivity contribution in [2.24, 2.45) is 0 Å². The summed E-state index contributed by atoms with van der Waals surface area (Å²) < 4.78 is 0.883. The van der Waals surface area contributed by atoms with Crippen LogP contribution in [0.2, 0.25) is 5.02 Å². The molecule has 0 radical (unpaired) electrons. The van der Waals surface area contributed by atoms with E-state index in [9.17, 15) is 19.5 Å². The van der Waals surface area contributed by atoms with Crippen LogP contribution in [0.1, 0.15) is 15.9 Å². The van der Waals surface area contributed by atoms with E-state index in [1.54, 1.807) is 24.3 Å². The van der Waals surface area contributed by atoms with Crippen LogP contribution in [0.25, 0.3) is 11.0 Å². The van der Waals surface area contributed by atoms with E-state index in [1.165, 1.54) is 12.1 Å². The molecule has 27 heavy (non-hydrogen) atoms. The average Bonchev–Trinajstić information content (AvgIpc) is 2.62. The highest BCUT2D eigenvalue weighted by atomic mass is 35.5. The predicted molar refractivity (Wildman–Crippen MR) is 97.9 cm³/mol. The molecule has 0 fully saturated rings. The third-order valence-electron chi connectivity index (χ3n) is 3.82. The summed E-state index contributed by atoms with van der Waals surface area (Å²) in [6, 6.07) is 9.39. The maximum Gasteiger partial charge on any atom is 0.323 e. The molecular weight excluding hydrogens is 374 g/mol. The van der Waals surface area contributed by atoms with Crippen LogP contribution in [-0.2, 0) is 17.9 Å². The normalized spacial score (nSPS) is 10.7. The number of carbonyl (C=O) groups excluding carboxylic acids is 1. The molecule has 9 heteroatoms. The molecule has 3 rings (SSSR count). The first kappa shape index (κ1) is 18.4. The van der Waals surface area contributed by atoms with Gasteiger partial charge in [0.2, 0.25) is 0 Å². The van der Waals surface area contributed by atoms with Crippen molar-refractivity contribution >= 4 is 34.5 Å². The first-order valence-electron chi connectivity index (χ1n) is 7.82. The van der Waals surface area contributed by atoms with Crippen LogP contribution in [0.4, 0.5) is 0 Å². The number of hydrogen-bond acceptors (Lipinski definition) is 5. The molecule has 0 bridgehead atoms. The van der Waals surface area contributed by atoms with Gasteiger partial charge >= 0.3 is 5.97 Å². The van der Waals surface area contributed by atoms with E-state index in [4.69, 9.17) is 16.7 Å². The molecule has 1 aromatic carbocycles. The lowest BCUT2D eigenvalue weighted by atomic mass is 10.1. The summed E-state index contributed by atoms with van der Waals surface area (Å²) in [7, 11) is 0. The topological polar surface area (TPSA) is 122 Å². The number of fused-ring (bicyclic) bond motifs is 1. The minimum absolute atomic E-state index is 0.0643. The van der Waals surface area contributed by atoms with Crippen LogP contribution in [0.15, 0.2) is 47.4 Å². The number of hydrogen-bond donors (Lipinski definition) is 3. The van der Waals surface area contributed by atoms with Crippen molar-refractivity contribution in [1.82, 2.24) is 14.9 Å². The Morgan fingerprint density at radius 1 is 1.19 bits per heavy atom. The third kappa shape index (κ3) is 4.06. The lowest BCUT2D eigenvalue weighted by Gasteiger charge is -2.11. The molecule has 2 heterocycles. The van der Waals surface area contributed by atoms with Crippen LogP contribution in [-0.4, -0.2) is 31.6 Å². The van der Waals surface area contributed by atoms with Crippen molar-refractivity contribution in [3.63, 3.8) is 0 Å². The fourth-order valence-corrected chi connectivity index (χ4v) is 2.70. The highest BCUT2D eigenvalue weighted by Crippen LogP contribution is 2.17. The number of pyridine rings is 2. The number of halogens is 1. The number of carboxylic acids is 1. The highest BCUT2D eigenvalue weighted by molar-refractivity contribution is 6.30. The standard InChI is InChI=1S/C18H14ClN3O5/c19-12-3-1-10(2-4-12)7-21-17(26)14-6-11-5-13(23)8-20-16(11)22(18(14)27)9-15(24)25/h1-6,8,23H,7,9H2,(H,21,26)(H,24,25). The summed E-state index contributed by atoms with van der Waals surface area (Å²) in [6.45, 7) is -0.504. The fourth-order valence-electron chi connectivity index (χ4n) is 2.58. The number of rotatable bonds is 5. The molecule has 0 aliphatic carbocycles. The molecule has 0 aliphatic rings. The van der Waals surface area contributed by atoms with E-state index in [-0.39, 0.29) is 28.9 Å². The van der Waals surface area contributed by atoms with Gasteiger partial charge in [-0.3, -0.25) is 19.0 Å². The van der Waals surface area contributed by atoms with Gasteiger partial charge < -0.3 is 15.5 Å². The van der Waals surface area contributed by atoms with Gasteiger partial charge in [0.1, 0.15) is 23.5 Å². The van der Waals surface area contributed by atoms with Crippen LogP contribution in [0, 0.1) is 0 Å². The highest BCUT2D eigenvalue weighted by Gasteiger charge is 2.18. The minimum atomic E-state index is -1.26. The summed E-state index contributed by atoms with van der Waals surface area (Å²) in [5.74, 6) is -2.10. The number of amides is 1. The maximum atomic E-state index is 12.6. The Morgan fingerprint density at radius 2 is 1.89 bits per heavy atom. The molecule has 138 valence electrons. The number of carbonyl (C=O) groups is 2. The number of nitrogens with zero attached hydrogens (tertiary/aromatic N) is 2. The van der Waals surface area contributed by atoms with E-state index in [0.717, 1.165) is 16.3 Å². The van der Waals surface area contributed by atoms with Crippen molar-refractivity contribution in [3.05, 3.63) is 69.1 Å². The molecule has 1 amide bonds. The average molecular weight is 388 g/mol. The van der Waals surface area contributed by atoms with Crippen molar-refractivity contribution in [2.45, 2.75) is 13.1 Å². The van der Waals surface area contributed by atoms with E-state index in [2.05, 4.69) is 10.3 Å². The smallest absolute Gasteiger partial charge is 0.323 e. The molecule has 0 saturated carbocycles. The summed E-state index contributed by atoms with van der Waals surface area (Å²) in [4.78, 5) is 40.1. The number of aliphatic carboxylic acids is 1. The van der Waals surface area contributed by atoms with Gasteiger partial charge in [0.25, 0.3) is 11.5 Å². The van der Waals surface area contributed by atoms with E-state index < -0.39 is 24.0 Å². The molecule has 3 aromatic rings. The van der Waals surface area contributed by atoms with Gasteiger partial charge in [-0.05, 0) is 29.8 Å². The second-order valence-electron chi connectivity index (χ2n) is 5.76. The van der Waals surface area contributed by atoms with Gasteiger partial charge in [-0.15, -0.1) is 0 Å². The van der Waals surface area contributed by atoms with Crippen molar-refractivity contribution < 1.29 is 19.8 Å². The Hall–Kier alpha value is -3.39. The summed E-state index contributed by atoms with van der Waals surface area (Å²) in [5, 5.41) is 22.1. The monoisotopic (exact) mass is 387 g/mol. The summed E-state index contributed by atoms with van der Waals surface area (Å²) in [5.41, 5.74) is -0.185. The number of carboxylic acid groups (broad SMARTS) is 1. The Morgan fingerprint density at radius 3 is 2.56 bits per heavy atom. The van der Waals surface area contributed by atoms with Gasteiger partial charge in [-0.1, -0.05) is 23.7 Å². The lowest BCUT2D eigenvalue weighted by molar-refractivity contribution is -0.137. The van der Waals surface area contributed by atoms with Gasteiger partial charge in [-0.2, -0.15) is 0 Å². The molecule has 0 spiro atoms. The zero-order chi connectivity index (χ0) is 19.6. The molecular formula is C18H14ClN3O5. The van der Waals surface area contributed by atoms with Crippen LogP contribution in [0.3, 0.4) is 0 Å². The van der Waals surface area contributed by atoms with Crippen molar-refractivity contribution in [1.29, 1.82) is 0 Å². The van der Waals surface area contributed by atoms with Crippen molar-refractivity contribution in [2.75, 3.05) is 0 Å². The Kier molecular flexibility index (Phi) is 5.09. The van der Waals surface area contributed by atoms with Gasteiger partial charge in [-0.25, -0.2) is 4.98 Å². The first-order valence-corrected chi connectivity index (χ1v) is 8.20. The first-order chi connectivity index (χ1) is 12.8. The lowest BCUT2D eigenvalue weighted by Crippen LogP contribution is -2.34. The largest absolute Gasteiger partial charge is 0.506 e. The molecule has 8 nitrogen and oxygen atoms in total. The van der Waals surface area contributed by atoms with Crippen LogP contribution < -0.4 is 10.9 Å². The Balaban J connectivity index is 1.98. The van der Waals surface area contributed by atoms with Gasteiger partial charge in [0.15, 0.2) is 0 Å². The number of benzene rings is 1. The van der Waals surface area contributed by atoms with E-state index in [1.807, 2.05) is 0 Å². The molecule has 3 N–H and O–H groups in total. The summed E-state index contributed by atoms with van der Waals surface area (Å²) in [6.07, 6.45) is 1.10. The predicted octanol–water partition coefficient (Wildman–Crippen LogP) is 1.77. The fraction of sp³-hybridized carbons (Fsp3) is 0.111. The zero-order valence-electron chi connectivity index (χ0n) is 13.8. The molecule has 0 atom stereocenters. The SMILES string of the molecule is O=C(O)Cn1c(=O)c(C(=O)NCc2ccc(Cl)cc2)cc2cc(O)cnc21. The minimum Gasteiger partial charge on any atom is -0.506 e. The van der Waals surface area contributed by atoms with E-state index in [0.29, 0.717) is 5.02 Å². The van der Waals surface area contributed by atoms with E-state index >= 15 is 0 Å². The van der Waals surface area contributed by atoms with Gasteiger partial charge in [0.05, 0.1) is 6.20 Å². The summed E-state index contributed by atoms with van der Waals surface area (Å²) >= 11 is 5.81. The number of nitrogens with one attached hydrogen (secondary N) is 1. The second kappa shape index (κ2) is 7.46. The molecule has 0 saturated heterocycles. The molecule has 0 aliphatic heterocycles. The third-order valence-corrected chi connectivity index (χ3v) is 4.07. The maximum absolute atomic E-state index is 12.6. The Labute approximate surface area is 157 Å². The Bertz CT molecular complexity index is 1090. The van der Waals surface area contributed by atoms with Crippen molar-refractivity contribution in [3.8, 4) is 5.75 Å². The quantitative estimate of drug-likeness (QED) is 0.613. The molecule has 2 aromatic heterocycles. The van der Waals surface area contributed by atoms with Crippen LogP contribution >= 0.6 is 11.6 Å².